The van der Waals surface area contributed by atoms with E-state index in [2.05, 4.69) is 21.7 Å². The molecule has 1 unspecified atom stereocenters. The van der Waals surface area contributed by atoms with Gasteiger partial charge < -0.3 is 15.6 Å². The van der Waals surface area contributed by atoms with Crippen LogP contribution in [0.15, 0.2) is 54.7 Å². The Kier molecular flexibility index (Phi) is 7.91. The Morgan fingerprint density at radius 2 is 1.73 bits per heavy atom. The molecule has 0 spiro atoms. The zero-order chi connectivity index (χ0) is 21.3. The number of aromatic nitrogens is 1. The molecule has 0 radical (unpaired) electrons. The minimum atomic E-state index is -0.0430. The number of hydrogen-bond acceptors (Lipinski definition) is 2. The lowest BCUT2D eigenvalue weighted by atomic mass is 9.90. The number of amides is 2. The van der Waals surface area contributed by atoms with Crippen molar-refractivity contribution in [1.29, 1.82) is 0 Å². The van der Waals surface area contributed by atoms with E-state index in [1.807, 2.05) is 48.7 Å². The van der Waals surface area contributed by atoms with Crippen LogP contribution in [-0.4, -0.2) is 29.9 Å². The molecule has 0 saturated carbocycles. The minimum Gasteiger partial charge on any atom is -0.361 e. The first-order valence-corrected chi connectivity index (χ1v) is 10.8. The second kappa shape index (κ2) is 10.8. The van der Waals surface area contributed by atoms with Gasteiger partial charge in [-0.1, -0.05) is 54.4 Å². The number of hydrogen-bond donors (Lipinski definition) is 3. The number of carbonyl (C=O) groups excluding carboxylic acids is 2. The number of para-hydroxylation sites is 1. The Balaban J connectivity index is 1.64. The van der Waals surface area contributed by atoms with Crippen LogP contribution in [0.1, 0.15) is 49.7 Å². The molecule has 1 aromatic heterocycles. The lowest BCUT2D eigenvalue weighted by Gasteiger charge is -2.19. The lowest BCUT2D eigenvalue weighted by Crippen LogP contribution is -2.28. The Morgan fingerprint density at radius 1 is 0.967 bits per heavy atom. The predicted octanol–water partition coefficient (Wildman–Crippen LogP) is 4.77. The number of rotatable bonds is 10. The highest BCUT2D eigenvalue weighted by molar-refractivity contribution is 6.31. The number of unbranched alkanes of at least 4 members (excludes halogenated alkanes) is 2. The van der Waals surface area contributed by atoms with Crippen molar-refractivity contribution in [3.63, 3.8) is 0 Å². The molecule has 0 aliphatic heterocycles. The molecule has 2 amide bonds. The van der Waals surface area contributed by atoms with E-state index in [0.29, 0.717) is 24.5 Å². The summed E-state index contributed by atoms with van der Waals surface area (Å²) in [6.45, 7) is 2.65. The molecule has 5 nitrogen and oxygen atoms in total. The fourth-order valence-electron chi connectivity index (χ4n) is 3.68. The van der Waals surface area contributed by atoms with Gasteiger partial charge in [0, 0.05) is 54.5 Å². The molecule has 0 saturated heterocycles. The Labute approximate surface area is 182 Å². The molecular weight excluding hydrogens is 398 g/mol. The smallest absolute Gasteiger partial charge is 0.220 e. The summed E-state index contributed by atoms with van der Waals surface area (Å²) in [5.41, 5.74) is 3.18. The number of fused-ring (bicyclic) bond motifs is 1. The Morgan fingerprint density at radius 3 is 2.53 bits per heavy atom. The third kappa shape index (κ3) is 5.86. The minimum absolute atomic E-state index is 0.0179. The number of benzene rings is 2. The first-order valence-electron chi connectivity index (χ1n) is 10.4. The molecule has 0 bridgehead atoms. The summed E-state index contributed by atoms with van der Waals surface area (Å²) in [5, 5.41) is 7.69. The fourth-order valence-corrected chi connectivity index (χ4v) is 3.95. The molecule has 158 valence electrons. The van der Waals surface area contributed by atoms with E-state index in [0.717, 1.165) is 41.3 Å². The standard InChI is InChI=1S/C24H28ClN3O2/c1-17(29)26-14-8-2-3-13-24(30)28-16-20(18-9-4-6-11-22(18)25)21-15-27-23-12-7-5-10-19(21)23/h4-7,9-12,15,20,27H,2-3,8,13-14,16H2,1H3,(H,26,29)(H,28,30). The summed E-state index contributed by atoms with van der Waals surface area (Å²) in [5.74, 6) is -0.0272. The number of carbonyl (C=O) groups is 2. The monoisotopic (exact) mass is 425 g/mol. The Bertz CT molecular complexity index is 999. The molecule has 0 aliphatic rings. The third-order valence-corrected chi connectivity index (χ3v) is 5.58. The maximum atomic E-state index is 12.4. The van der Waals surface area contributed by atoms with Crippen molar-refractivity contribution in [3.05, 3.63) is 70.9 Å². The fraction of sp³-hybridized carbons (Fsp3) is 0.333. The number of aromatic amines is 1. The van der Waals surface area contributed by atoms with E-state index >= 15 is 0 Å². The van der Waals surface area contributed by atoms with Gasteiger partial charge >= 0.3 is 0 Å². The average Bonchev–Trinajstić information content (AvgIpc) is 3.16. The highest BCUT2D eigenvalue weighted by atomic mass is 35.5. The average molecular weight is 426 g/mol. The van der Waals surface area contributed by atoms with Crippen molar-refractivity contribution >= 4 is 34.3 Å². The quantitative estimate of drug-likeness (QED) is 0.409. The molecular formula is C24H28ClN3O2. The van der Waals surface area contributed by atoms with Gasteiger partial charge in [-0.15, -0.1) is 0 Å². The van der Waals surface area contributed by atoms with Gasteiger partial charge in [-0.3, -0.25) is 9.59 Å². The van der Waals surface area contributed by atoms with Crippen LogP contribution in [0.5, 0.6) is 0 Å². The molecule has 3 rings (SSSR count). The van der Waals surface area contributed by atoms with Crippen LogP contribution in [0.2, 0.25) is 5.02 Å². The maximum Gasteiger partial charge on any atom is 0.220 e. The normalized spacial score (nSPS) is 11.9. The van der Waals surface area contributed by atoms with Crippen molar-refractivity contribution in [3.8, 4) is 0 Å². The van der Waals surface area contributed by atoms with Crippen LogP contribution in [-0.2, 0) is 9.59 Å². The molecule has 0 fully saturated rings. The van der Waals surface area contributed by atoms with Crippen LogP contribution >= 0.6 is 11.6 Å². The van der Waals surface area contributed by atoms with Crippen LogP contribution in [0.3, 0.4) is 0 Å². The first kappa shape index (κ1) is 21.9. The van der Waals surface area contributed by atoms with Crippen LogP contribution in [0, 0.1) is 0 Å². The van der Waals surface area contributed by atoms with Crippen LogP contribution < -0.4 is 10.6 Å². The molecule has 1 heterocycles. The molecule has 6 heteroatoms. The van der Waals surface area contributed by atoms with Gasteiger partial charge in [0.2, 0.25) is 11.8 Å². The van der Waals surface area contributed by atoms with Gasteiger partial charge in [0.25, 0.3) is 0 Å². The largest absolute Gasteiger partial charge is 0.361 e. The van der Waals surface area contributed by atoms with E-state index in [4.69, 9.17) is 11.6 Å². The lowest BCUT2D eigenvalue weighted by molar-refractivity contribution is -0.121. The molecule has 0 aliphatic carbocycles. The van der Waals surface area contributed by atoms with Gasteiger partial charge in [-0.2, -0.15) is 0 Å². The summed E-state index contributed by atoms with van der Waals surface area (Å²) >= 11 is 6.50. The second-order valence-corrected chi connectivity index (χ2v) is 7.87. The maximum absolute atomic E-state index is 12.4. The molecule has 30 heavy (non-hydrogen) atoms. The van der Waals surface area contributed by atoms with E-state index < -0.39 is 0 Å². The van der Waals surface area contributed by atoms with Crippen molar-refractivity contribution in [2.75, 3.05) is 13.1 Å². The van der Waals surface area contributed by atoms with Gasteiger partial charge in [0.05, 0.1) is 0 Å². The molecule has 3 N–H and O–H groups in total. The van der Waals surface area contributed by atoms with Gasteiger partial charge in [0.15, 0.2) is 0 Å². The summed E-state index contributed by atoms with van der Waals surface area (Å²) in [6, 6.07) is 15.9. The number of nitrogens with one attached hydrogen (secondary N) is 3. The van der Waals surface area contributed by atoms with E-state index in [1.54, 1.807) is 0 Å². The third-order valence-electron chi connectivity index (χ3n) is 5.24. The number of halogens is 1. The molecule has 2 aromatic carbocycles. The van der Waals surface area contributed by atoms with Crippen LogP contribution in [0.25, 0.3) is 10.9 Å². The topological polar surface area (TPSA) is 74.0 Å². The summed E-state index contributed by atoms with van der Waals surface area (Å²) < 4.78 is 0. The van der Waals surface area contributed by atoms with Gasteiger partial charge in [-0.25, -0.2) is 0 Å². The van der Waals surface area contributed by atoms with Gasteiger partial charge in [0.1, 0.15) is 0 Å². The van der Waals surface area contributed by atoms with Crippen molar-refractivity contribution in [2.45, 2.75) is 38.5 Å². The number of H-pyrrole nitrogens is 1. The van der Waals surface area contributed by atoms with Crippen molar-refractivity contribution < 1.29 is 9.59 Å². The SMILES string of the molecule is CC(=O)NCCCCCC(=O)NCC(c1ccccc1Cl)c1c[nH]c2ccccc12. The molecule has 3 aromatic rings. The summed E-state index contributed by atoms with van der Waals surface area (Å²) in [4.78, 5) is 26.6. The van der Waals surface area contributed by atoms with Gasteiger partial charge in [-0.05, 0) is 36.1 Å². The highest BCUT2D eigenvalue weighted by Gasteiger charge is 2.21. The van der Waals surface area contributed by atoms with E-state index in [9.17, 15) is 9.59 Å². The summed E-state index contributed by atoms with van der Waals surface area (Å²) in [6.07, 6.45) is 5.07. The van der Waals surface area contributed by atoms with E-state index in [-0.39, 0.29) is 17.7 Å². The zero-order valence-electron chi connectivity index (χ0n) is 17.2. The second-order valence-electron chi connectivity index (χ2n) is 7.46. The van der Waals surface area contributed by atoms with Crippen molar-refractivity contribution in [1.82, 2.24) is 15.6 Å². The molecule has 1 atom stereocenters. The Hall–Kier alpha value is -2.79. The van der Waals surface area contributed by atoms with E-state index in [1.165, 1.54) is 6.92 Å². The highest BCUT2D eigenvalue weighted by Crippen LogP contribution is 2.34. The zero-order valence-corrected chi connectivity index (χ0v) is 18.0. The first-order chi connectivity index (χ1) is 14.6. The predicted molar refractivity (Wildman–Crippen MR) is 122 cm³/mol. The van der Waals surface area contributed by atoms with Crippen molar-refractivity contribution in [2.24, 2.45) is 0 Å². The van der Waals surface area contributed by atoms with Crippen LogP contribution in [0.4, 0.5) is 0 Å². The summed E-state index contributed by atoms with van der Waals surface area (Å²) in [7, 11) is 0.